The zero-order valence-corrected chi connectivity index (χ0v) is 7.52. The maximum absolute atomic E-state index is 5.72. The predicted octanol–water partition coefficient (Wildman–Crippen LogP) is 2.61. The van der Waals surface area contributed by atoms with Crippen LogP contribution in [-0.2, 0) is 5.88 Å². The Bertz CT molecular complexity index is 406. The monoisotopic (exact) mass is 180 g/mol. The van der Waals surface area contributed by atoms with Crippen molar-refractivity contribution in [1.29, 1.82) is 0 Å². The maximum atomic E-state index is 5.72. The van der Waals surface area contributed by atoms with Crippen LogP contribution < -0.4 is 0 Å². The van der Waals surface area contributed by atoms with E-state index in [2.05, 4.69) is 23.2 Å². The zero-order chi connectivity index (χ0) is 8.55. The Hall–Kier alpha value is -1.02. The normalized spacial score (nSPS) is 10.8. The minimum absolute atomic E-state index is 0.486. The number of aromatic amines is 1. The molecule has 62 valence electrons. The van der Waals surface area contributed by atoms with Gasteiger partial charge in [-0.05, 0) is 18.6 Å². The highest BCUT2D eigenvalue weighted by atomic mass is 35.5. The lowest BCUT2D eigenvalue weighted by Gasteiger charge is -1.92. The minimum atomic E-state index is 0.486. The summed E-state index contributed by atoms with van der Waals surface area (Å²) >= 11 is 5.72. The number of rotatable bonds is 1. The Balaban J connectivity index is 2.73. The van der Waals surface area contributed by atoms with E-state index in [9.17, 15) is 0 Å². The van der Waals surface area contributed by atoms with E-state index in [0.717, 1.165) is 16.6 Å². The molecule has 1 heterocycles. The van der Waals surface area contributed by atoms with E-state index in [1.807, 2.05) is 12.1 Å². The largest absolute Gasteiger partial charge is 0.280 e. The molecule has 1 aromatic carbocycles. The Morgan fingerprint density at radius 2 is 2.33 bits per heavy atom. The highest BCUT2D eigenvalue weighted by molar-refractivity contribution is 6.17. The summed E-state index contributed by atoms with van der Waals surface area (Å²) in [7, 11) is 0. The van der Waals surface area contributed by atoms with Gasteiger partial charge in [0.2, 0.25) is 0 Å². The first kappa shape index (κ1) is 7.62. The smallest absolute Gasteiger partial charge is 0.0926 e. The van der Waals surface area contributed by atoms with Crippen LogP contribution in [0.15, 0.2) is 18.2 Å². The molecule has 12 heavy (non-hydrogen) atoms. The standard InChI is InChI=1S/C9H9ClN2/c1-6-2-3-7-8(4-6)11-12-9(7)5-10/h2-4H,5H2,1H3,(H,11,12). The molecule has 1 aromatic heterocycles. The van der Waals surface area contributed by atoms with E-state index in [4.69, 9.17) is 11.6 Å². The van der Waals surface area contributed by atoms with Gasteiger partial charge in [0.25, 0.3) is 0 Å². The number of alkyl halides is 1. The predicted molar refractivity (Wildman–Crippen MR) is 50.4 cm³/mol. The van der Waals surface area contributed by atoms with Gasteiger partial charge in [-0.3, -0.25) is 5.10 Å². The summed E-state index contributed by atoms with van der Waals surface area (Å²) in [6.45, 7) is 2.05. The maximum Gasteiger partial charge on any atom is 0.0926 e. The number of halogens is 1. The van der Waals surface area contributed by atoms with Crippen molar-refractivity contribution in [3.63, 3.8) is 0 Å². The summed E-state index contributed by atoms with van der Waals surface area (Å²) in [4.78, 5) is 0. The number of aryl methyl sites for hydroxylation is 1. The second-order valence-electron chi connectivity index (χ2n) is 2.86. The molecule has 0 radical (unpaired) electrons. The average molecular weight is 181 g/mol. The van der Waals surface area contributed by atoms with Crippen LogP contribution in [0.1, 0.15) is 11.3 Å². The number of hydrogen-bond donors (Lipinski definition) is 1. The van der Waals surface area contributed by atoms with E-state index >= 15 is 0 Å². The Morgan fingerprint density at radius 3 is 3.08 bits per heavy atom. The molecule has 2 nitrogen and oxygen atoms in total. The molecule has 0 atom stereocenters. The topological polar surface area (TPSA) is 28.7 Å². The molecule has 0 unspecified atom stereocenters. The lowest BCUT2D eigenvalue weighted by molar-refractivity contribution is 1.05. The van der Waals surface area contributed by atoms with Crippen LogP contribution in [0.5, 0.6) is 0 Å². The van der Waals surface area contributed by atoms with Crippen molar-refractivity contribution in [2.45, 2.75) is 12.8 Å². The number of hydrogen-bond acceptors (Lipinski definition) is 1. The molecular formula is C9H9ClN2. The fourth-order valence-corrected chi connectivity index (χ4v) is 1.48. The van der Waals surface area contributed by atoms with E-state index < -0.39 is 0 Å². The molecule has 3 heteroatoms. The highest BCUT2D eigenvalue weighted by Crippen LogP contribution is 2.18. The number of benzene rings is 1. The highest BCUT2D eigenvalue weighted by Gasteiger charge is 2.02. The van der Waals surface area contributed by atoms with Crippen molar-refractivity contribution in [2.75, 3.05) is 0 Å². The molecule has 0 aliphatic carbocycles. The quantitative estimate of drug-likeness (QED) is 0.672. The van der Waals surface area contributed by atoms with Crippen molar-refractivity contribution in [2.24, 2.45) is 0 Å². The SMILES string of the molecule is Cc1ccc2c(CCl)[nH]nc2c1. The van der Waals surface area contributed by atoms with Gasteiger partial charge < -0.3 is 0 Å². The summed E-state index contributed by atoms with van der Waals surface area (Å²) < 4.78 is 0. The van der Waals surface area contributed by atoms with Crippen molar-refractivity contribution in [3.05, 3.63) is 29.5 Å². The first-order chi connectivity index (χ1) is 5.81. The minimum Gasteiger partial charge on any atom is -0.280 e. The van der Waals surface area contributed by atoms with Crippen LogP contribution in [0.2, 0.25) is 0 Å². The van der Waals surface area contributed by atoms with Gasteiger partial charge in [-0.2, -0.15) is 5.10 Å². The molecule has 2 aromatic rings. The third-order valence-corrected chi connectivity index (χ3v) is 2.19. The van der Waals surface area contributed by atoms with Crippen molar-refractivity contribution in [3.8, 4) is 0 Å². The summed E-state index contributed by atoms with van der Waals surface area (Å²) in [6.07, 6.45) is 0. The fourth-order valence-electron chi connectivity index (χ4n) is 1.28. The van der Waals surface area contributed by atoms with E-state index in [1.54, 1.807) is 0 Å². The summed E-state index contributed by atoms with van der Waals surface area (Å²) in [5.74, 6) is 0.486. The van der Waals surface area contributed by atoms with Crippen molar-refractivity contribution in [1.82, 2.24) is 10.2 Å². The molecule has 0 saturated carbocycles. The van der Waals surface area contributed by atoms with Crippen molar-refractivity contribution < 1.29 is 0 Å². The van der Waals surface area contributed by atoms with E-state index in [-0.39, 0.29) is 0 Å². The number of nitrogens with one attached hydrogen (secondary N) is 1. The third-order valence-electron chi connectivity index (χ3n) is 1.92. The Kier molecular flexibility index (Phi) is 1.77. The lowest BCUT2D eigenvalue weighted by Crippen LogP contribution is -1.76. The molecule has 0 fully saturated rings. The summed E-state index contributed by atoms with van der Waals surface area (Å²) in [5.41, 5.74) is 3.20. The van der Waals surface area contributed by atoms with E-state index in [0.29, 0.717) is 5.88 Å². The molecule has 0 amide bonds. The molecule has 1 N–H and O–H groups in total. The number of aromatic nitrogens is 2. The number of nitrogens with zero attached hydrogens (tertiary/aromatic N) is 1. The van der Waals surface area contributed by atoms with Crippen LogP contribution in [0, 0.1) is 6.92 Å². The van der Waals surface area contributed by atoms with Crippen LogP contribution in [-0.4, -0.2) is 10.2 Å². The molecule has 0 aliphatic heterocycles. The van der Waals surface area contributed by atoms with Gasteiger partial charge in [-0.15, -0.1) is 11.6 Å². The zero-order valence-electron chi connectivity index (χ0n) is 6.76. The van der Waals surface area contributed by atoms with Gasteiger partial charge in [0.1, 0.15) is 0 Å². The van der Waals surface area contributed by atoms with Gasteiger partial charge in [-0.25, -0.2) is 0 Å². The molecule has 0 saturated heterocycles. The van der Waals surface area contributed by atoms with Crippen LogP contribution in [0.3, 0.4) is 0 Å². The molecule has 0 spiro atoms. The summed E-state index contributed by atoms with van der Waals surface area (Å²) in [5, 5.41) is 8.17. The van der Waals surface area contributed by atoms with Crippen LogP contribution in [0.25, 0.3) is 10.9 Å². The van der Waals surface area contributed by atoms with Gasteiger partial charge >= 0.3 is 0 Å². The molecular weight excluding hydrogens is 172 g/mol. The van der Waals surface area contributed by atoms with Crippen LogP contribution >= 0.6 is 11.6 Å². The van der Waals surface area contributed by atoms with Gasteiger partial charge in [0.15, 0.2) is 0 Å². The lowest BCUT2D eigenvalue weighted by atomic mass is 10.1. The molecule has 0 aliphatic rings. The second-order valence-corrected chi connectivity index (χ2v) is 3.12. The number of H-pyrrole nitrogens is 1. The van der Waals surface area contributed by atoms with Gasteiger partial charge in [0, 0.05) is 5.39 Å². The third kappa shape index (κ3) is 1.08. The number of fused-ring (bicyclic) bond motifs is 1. The van der Waals surface area contributed by atoms with Gasteiger partial charge in [-0.1, -0.05) is 12.1 Å². The van der Waals surface area contributed by atoms with E-state index in [1.165, 1.54) is 5.56 Å². The molecule has 2 rings (SSSR count). The Morgan fingerprint density at radius 1 is 1.50 bits per heavy atom. The second kappa shape index (κ2) is 2.79. The first-order valence-electron chi connectivity index (χ1n) is 3.81. The summed E-state index contributed by atoms with van der Waals surface area (Å²) in [6, 6.07) is 6.15. The average Bonchev–Trinajstić information content (AvgIpc) is 2.46. The van der Waals surface area contributed by atoms with Gasteiger partial charge in [0.05, 0.1) is 17.1 Å². The van der Waals surface area contributed by atoms with Crippen LogP contribution in [0.4, 0.5) is 0 Å². The first-order valence-corrected chi connectivity index (χ1v) is 4.34. The molecule has 0 bridgehead atoms. The fraction of sp³-hybridized carbons (Fsp3) is 0.222. The Labute approximate surface area is 75.5 Å². The van der Waals surface area contributed by atoms with Crippen molar-refractivity contribution >= 4 is 22.5 Å².